The smallest absolute Gasteiger partial charge is 0.259 e. The highest BCUT2D eigenvalue weighted by Crippen LogP contribution is 2.22. The summed E-state index contributed by atoms with van der Waals surface area (Å²) in [5.74, 6) is -0.131. The summed E-state index contributed by atoms with van der Waals surface area (Å²) in [5, 5.41) is 6.93. The Hall–Kier alpha value is -2.57. The zero-order chi connectivity index (χ0) is 18.9. The van der Waals surface area contributed by atoms with Gasteiger partial charge in [-0.05, 0) is 55.0 Å². The summed E-state index contributed by atoms with van der Waals surface area (Å²) >= 11 is 11.7. The van der Waals surface area contributed by atoms with E-state index >= 15 is 0 Å². The summed E-state index contributed by atoms with van der Waals surface area (Å²) in [7, 11) is 0. The highest BCUT2D eigenvalue weighted by molar-refractivity contribution is 6.42. The second kappa shape index (κ2) is 9.79. The van der Waals surface area contributed by atoms with E-state index in [2.05, 4.69) is 15.8 Å². The third-order valence-electron chi connectivity index (χ3n) is 3.19. The van der Waals surface area contributed by atoms with Crippen LogP contribution in [0.2, 0.25) is 10.0 Å². The number of carbonyl (C=O) groups is 2. The first-order valence-corrected chi connectivity index (χ1v) is 8.53. The summed E-state index contributed by atoms with van der Waals surface area (Å²) in [6.45, 7) is 2.28. The van der Waals surface area contributed by atoms with Crippen LogP contribution in [0.4, 0.5) is 0 Å². The second-order valence-corrected chi connectivity index (χ2v) is 5.92. The van der Waals surface area contributed by atoms with Crippen LogP contribution in [0.15, 0.2) is 47.6 Å². The summed E-state index contributed by atoms with van der Waals surface area (Å²) in [6, 6.07) is 11.7. The molecule has 0 aliphatic heterocycles. The van der Waals surface area contributed by atoms with Gasteiger partial charge in [0.05, 0.1) is 29.4 Å². The van der Waals surface area contributed by atoms with Gasteiger partial charge in [0, 0.05) is 5.56 Å². The van der Waals surface area contributed by atoms with Gasteiger partial charge in [-0.25, -0.2) is 5.43 Å². The number of nitrogens with one attached hydrogen (secondary N) is 2. The quantitative estimate of drug-likeness (QED) is 0.559. The van der Waals surface area contributed by atoms with E-state index in [1.807, 2.05) is 31.2 Å². The van der Waals surface area contributed by atoms with Crippen molar-refractivity contribution in [3.8, 4) is 5.75 Å². The van der Waals surface area contributed by atoms with Gasteiger partial charge in [-0.2, -0.15) is 5.10 Å². The fraction of sp³-hybridized carbons (Fsp3) is 0.167. The number of nitrogens with zero attached hydrogens (tertiary/aromatic N) is 1. The molecule has 6 nitrogen and oxygen atoms in total. The second-order valence-electron chi connectivity index (χ2n) is 5.11. The zero-order valence-corrected chi connectivity index (χ0v) is 15.5. The van der Waals surface area contributed by atoms with Crippen LogP contribution < -0.4 is 15.5 Å². The molecule has 0 radical (unpaired) electrons. The maximum Gasteiger partial charge on any atom is 0.259 e. The van der Waals surface area contributed by atoms with Gasteiger partial charge in [-0.15, -0.1) is 0 Å². The number of carbonyl (C=O) groups excluding carboxylic acids is 2. The van der Waals surface area contributed by atoms with Gasteiger partial charge < -0.3 is 10.1 Å². The molecule has 2 N–H and O–H groups in total. The SMILES string of the molecule is CCOc1ccc(/C=N\NC(=O)CNC(=O)c2ccc(Cl)c(Cl)c2)cc1. The number of hydrogen-bond acceptors (Lipinski definition) is 4. The van der Waals surface area contributed by atoms with Gasteiger partial charge in [0.2, 0.25) is 0 Å². The molecule has 26 heavy (non-hydrogen) atoms. The highest BCUT2D eigenvalue weighted by Gasteiger charge is 2.09. The van der Waals surface area contributed by atoms with Gasteiger partial charge in [0.1, 0.15) is 5.75 Å². The molecule has 0 atom stereocenters. The predicted molar refractivity (Wildman–Crippen MR) is 102 cm³/mol. The third kappa shape index (κ3) is 6.06. The lowest BCUT2D eigenvalue weighted by Gasteiger charge is -2.05. The Morgan fingerprint density at radius 2 is 1.85 bits per heavy atom. The molecule has 0 bridgehead atoms. The molecule has 136 valence electrons. The van der Waals surface area contributed by atoms with Crippen LogP contribution >= 0.6 is 23.2 Å². The molecule has 0 aliphatic carbocycles. The first-order chi connectivity index (χ1) is 12.5. The molecule has 0 saturated heterocycles. The Bertz CT molecular complexity index is 808. The number of benzene rings is 2. The summed E-state index contributed by atoms with van der Waals surface area (Å²) in [6.07, 6.45) is 1.49. The van der Waals surface area contributed by atoms with E-state index in [0.717, 1.165) is 11.3 Å². The van der Waals surface area contributed by atoms with E-state index in [-0.39, 0.29) is 11.6 Å². The first-order valence-electron chi connectivity index (χ1n) is 7.77. The molecule has 8 heteroatoms. The number of rotatable bonds is 7. The van der Waals surface area contributed by atoms with E-state index in [1.165, 1.54) is 24.4 Å². The Labute approximate surface area is 161 Å². The molecule has 2 rings (SSSR count). The van der Waals surface area contributed by atoms with Gasteiger partial charge in [0.25, 0.3) is 11.8 Å². The van der Waals surface area contributed by atoms with Crippen molar-refractivity contribution in [3.63, 3.8) is 0 Å². The number of amides is 2. The van der Waals surface area contributed by atoms with Crippen LogP contribution in [0.3, 0.4) is 0 Å². The minimum Gasteiger partial charge on any atom is -0.494 e. The molecular weight excluding hydrogens is 377 g/mol. The topological polar surface area (TPSA) is 79.8 Å². The van der Waals surface area contributed by atoms with Gasteiger partial charge >= 0.3 is 0 Å². The molecule has 2 amide bonds. The minimum atomic E-state index is -0.458. The summed E-state index contributed by atoms with van der Waals surface area (Å²) < 4.78 is 5.34. The molecule has 0 spiro atoms. The van der Waals surface area contributed by atoms with Crippen molar-refractivity contribution in [2.75, 3.05) is 13.2 Å². The van der Waals surface area contributed by atoms with Crippen LogP contribution in [0.25, 0.3) is 0 Å². The molecule has 0 heterocycles. The lowest BCUT2D eigenvalue weighted by atomic mass is 10.2. The molecule has 0 aromatic heterocycles. The number of halogens is 2. The molecule has 2 aromatic carbocycles. The highest BCUT2D eigenvalue weighted by atomic mass is 35.5. The van der Waals surface area contributed by atoms with Crippen LogP contribution in [0.1, 0.15) is 22.8 Å². The largest absolute Gasteiger partial charge is 0.494 e. The third-order valence-corrected chi connectivity index (χ3v) is 3.92. The zero-order valence-electron chi connectivity index (χ0n) is 14.0. The average Bonchev–Trinajstić information content (AvgIpc) is 2.63. The summed E-state index contributed by atoms with van der Waals surface area (Å²) in [4.78, 5) is 23.7. The molecular formula is C18H17Cl2N3O3. The predicted octanol–water partition coefficient (Wildman–Crippen LogP) is 3.27. The van der Waals surface area contributed by atoms with Gasteiger partial charge in [-0.1, -0.05) is 23.2 Å². The van der Waals surface area contributed by atoms with E-state index in [1.54, 1.807) is 0 Å². The lowest BCUT2D eigenvalue weighted by Crippen LogP contribution is -2.34. The molecule has 0 saturated carbocycles. The van der Waals surface area contributed by atoms with Crippen molar-refractivity contribution in [1.82, 2.24) is 10.7 Å². The Morgan fingerprint density at radius 1 is 1.12 bits per heavy atom. The molecule has 0 fully saturated rings. The molecule has 2 aromatic rings. The van der Waals surface area contributed by atoms with E-state index in [0.29, 0.717) is 17.2 Å². The average molecular weight is 394 g/mol. The van der Waals surface area contributed by atoms with Crippen LogP contribution in [0, 0.1) is 0 Å². The maximum absolute atomic E-state index is 11.9. The van der Waals surface area contributed by atoms with Crippen molar-refractivity contribution < 1.29 is 14.3 Å². The van der Waals surface area contributed by atoms with E-state index < -0.39 is 11.8 Å². The van der Waals surface area contributed by atoms with Gasteiger partial charge in [-0.3, -0.25) is 9.59 Å². The monoisotopic (exact) mass is 393 g/mol. The van der Waals surface area contributed by atoms with E-state index in [4.69, 9.17) is 27.9 Å². The van der Waals surface area contributed by atoms with Crippen molar-refractivity contribution in [2.45, 2.75) is 6.92 Å². The standard InChI is InChI=1S/C18H17Cl2N3O3/c1-2-26-14-6-3-12(4-7-14)10-22-23-17(24)11-21-18(25)13-5-8-15(19)16(20)9-13/h3-10H,2,11H2,1H3,(H,21,25)(H,23,24)/b22-10-. The number of ether oxygens (including phenoxy) is 1. The van der Waals surface area contributed by atoms with Crippen molar-refractivity contribution in [3.05, 3.63) is 63.6 Å². The maximum atomic E-state index is 11.9. The van der Waals surface area contributed by atoms with Gasteiger partial charge in [0.15, 0.2) is 0 Å². The number of hydrazone groups is 1. The Balaban J connectivity index is 1.79. The fourth-order valence-electron chi connectivity index (χ4n) is 1.94. The molecule has 0 aliphatic rings. The Morgan fingerprint density at radius 3 is 2.50 bits per heavy atom. The van der Waals surface area contributed by atoms with Crippen molar-refractivity contribution >= 4 is 41.2 Å². The lowest BCUT2D eigenvalue weighted by molar-refractivity contribution is -0.120. The number of hydrogen-bond donors (Lipinski definition) is 2. The fourth-order valence-corrected chi connectivity index (χ4v) is 2.23. The van der Waals surface area contributed by atoms with Crippen molar-refractivity contribution in [1.29, 1.82) is 0 Å². The minimum absolute atomic E-state index is 0.223. The normalized spacial score (nSPS) is 10.6. The van der Waals surface area contributed by atoms with Crippen LogP contribution in [-0.2, 0) is 4.79 Å². The van der Waals surface area contributed by atoms with E-state index in [9.17, 15) is 9.59 Å². The first kappa shape index (κ1) is 19.8. The van der Waals surface area contributed by atoms with Crippen LogP contribution in [0.5, 0.6) is 5.75 Å². The van der Waals surface area contributed by atoms with Crippen molar-refractivity contribution in [2.24, 2.45) is 5.10 Å². The summed E-state index contributed by atoms with van der Waals surface area (Å²) in [5.41, 5.74) is 3.45. The molecule has 0 unspecified atom stereocenters. The van der Waals surface area contributed by atoms with Crippen LogP contribution in [-0.4, -0.2) is 31.2 Å². The Kier molecular flexibility index (Phi) is 7.44.